The maximum atomic E-state index is 12.2. The second kappa shape index (κ2) is 5.51. The Labute approximate surface area is 120 Å². The summed E-state index contributed by atoms with van der Waals surface area (Å²) in [5.41, 5.74) is 5.97. The van der Waals surface area contributed by atoms with Gasteiger partial charge in [0.15, 0.2) is 0 Å². The molecule has 3 N–H and O–H groups in total. The molecule has 0 radical (unpaired) electrons. The third-order valence-corrected chi connectivity index (χ3v) is 3.90. The highest BCUT2D eigenvalue weighted by Gasteiger charge is 2.17. The van der Waals surface area contributed by atoms with Crippen molar-refractivity contribution in [3.05, 3.63) is 35.6 Å². The lowest BCUT2D eigenvalue weighted by Gasteiger charge is -2.09. The first-order chi connectivity index (χ1) is 9.42. The molecule has 2 aromatic rings. The van der Waals surface area contributed by atoms with E-state index in [0.717, 1.165) is 0 Å². The van der Waals surface area contributed by atoms with Crippen LogP contribution in [0.5, 0.6) is 5.75 Å². The molecule has 0 spiro atoms. The lowest BCUT2D eigenvalue weighted by molar-refractivity contribution is 0.415. The van der Waals surface area contributed by atoms with E-state index in [1.807, 2.05) is 0 Å². The van der Waals surface area contributed by atoms with Crippen LogP contribution in [0.15, 0.2) is 35.4 Å². The van der Waals surface area contributed by atoms with Gasteiger partial charge in [0, 0.05) is 12.3 Å². The van der Waals surface area contributed by atoms with Gasteiger partial charge in [-0.05, 0) is 18.2 Å². The van der Waals surface area contributed by atoms with Gasteiger partial charge in [-0.25, -0.2) is 23.1 Å². The number of hydrogen-bond acceptors (Lipinski definition) is 6. The van der Waals surface area contributed by atoms with E-state index >= 15 is 0 Å². The van der Waals surface area contributed by atoms with Gasteiger partial charge >= 0.3 is 0 Å². The van der Waals surface area contributed by atoms with Crippen molar-refractivity contribution in [2.45, 2.75) is 4.90 Å². The highest BCUT2D eigenvalue weighted by molar-refractivity contribution is 7.92. The van der Waals surface area contributed by atoms with Crippen LogP contribution in [0.4, 0.5) is 11.6 Å². The summed E-state index contributed by atoms with van der Waals surface area (Å²) in [6.07, 6.45) is 1.34. The monoisotopic (exact) mass is 314 g/mol. The number of nitrogens with zero attached hydrogens (tertiary/aromatic N) is 2. The van der Waals surface area contributed by atoms with Crippen LogP contribution in [0.1, 0.15) is 0 Å². The summed E-state index contributed by atoms with van der Waals surface area (Å²) >= 11 is 5.67. The molecule has 1 aromatic carbocycles. The summed E-state index contributed by atoms with van der Waals surface area (Å²) in [7, 11) is -2.45. The number of benzene rings is 1. The number of nitrogen functional groups attached to an aromatic ring is 1. The van der Waals surface area contributed by atoms with Crippen LogP contribution in [0, 0.1) is 0 Å². The van der Waals surface area contributed by atoms with Crippen LogP contribution >= 0.6 is 11.6 Å². The second-order valence-electron chi connectivity index (χ2n) is 3.71. The Morgan fingerprint density at radius 2 is 2.10 bits per heavy atom. The van der Waals surface area contributed by atoms with E-state index in [0.29, 0.717) is 5.69 Å². The zero-order chi connectivity index (χ0) is 14.8. The fraction of sp³-hybridized carbons (Fsp3) is 0.0909. The number of nitrogens with one attached hydrogen (secondary N) is 1. The lowest BCUT2D eigenvalue weighted by atomic mass is 10.3. The zero-order valence-corrected chi connectivity index (χ0v) is 11.9. The molecule has 0 aliphatic rings. The maximum Gasteiger partial charge on any atom is 0.264 e. The van der Waals surface area contributed by atoms with E-state index in [9.17, 15) is 8.42 Å². The largest absolute Gasteiger partial charge is 0.495 e. The van der Waals surface area contributed by atoms with Crippen molar-refractivity contribution in [3.8, 4) is 5.75 Å². The predicted octanol–water partition coefficient (Wildman–Crippen LogP) is 1.52. The molecule has 1 aromatic heterocycles. The van der Waals surface area contributed by atoms with Crippen LogP contribution in [0.2, 0.25) is 5.15 Å². The molecule has 0 aliphatic carbocycles. The molecule has 0 unspecified atom stereocenters. The number of anilines is 2. The van der Waals surface area contributed by atoms with Crippen molar-refractivity contribution >= 4 is 33.3 Å². The minimum atomic E-state index is -3.85. The van der Waals surface area contributed by atoms with Gasteiger partial charge < -0.3 is 10.5 Å². The first-order valence-electron chi connectivity index (χ1n) is 5.37. The Bertz CT molecular complexity index is 736. The SMILES string of the molecule is COc1cc(S(=O)(=O)Nc2nccc(Cl)n2)ccc1N. The van der Waals surface area contributed by atoms with E-state index in [2.05, 4.69) is 14.7 Å². The van der Waals surface area contributed by atoms with Crippen molar-refractivity contribution in [3.63, 3.8) is 0 Å². The lowest BCUT2D eigenvalue weighted by Crippen LogP contribution is -2.15. The Morgan fingerprint density at radius 3 is 2.75 bits per heavy atom. The van der Waals surface area contributed by atoms with Crippen LogP contribution in [-0.2, 0) is 10.0 Å². The zero-order valence-electron chi connectivity index (χ0n) is 10.4. The van der Waals surface area contributed by atoms with Crippen LogP contribution in [-0.4, -0.2) is 25.5 Å². The Morgan fingerprint density at radius 1 is 1.35 bits per heavy atom. The summed E-state index contributed by atoms with van der Waals surface area (Å²) in [6.45, 7) is 0. The average Bonchev–Trinajstić information content (AvgIpc) is 2.38. The first-order valence-corrected chi connectivity index (χ1v) is 7.23. The number of sulfonamides is 1. The summed E-state index contributed by atoms with van der Waals surface area (Å²) < 4.78 is 31.5. The summed E-state index contributed by atoms with van der Waals surface area (Å²) in [4.78, 5) is 7.50. The molecule has 106 valence electrons. The maximum absolute atomic E-state index is 12.2. The number of hydrogen-bond donors (Lipinski definition) is 2. The molecular formula is C11H11ClN4O3S. The molecule has 0 aliphatic heterocycles. The Hall–Kier alpha value is -2.06. The third-order valence-electron chi connectivity index (χ3n) is 2.36. The van der Waals surface area contributed by atoms with Gasteiger partial charge in [0.1, 0.15) is 10.9 Å². The number of methoxy groups -OCH3 is 1. The standard InChI is InChI=1S/C11H11ClN4O3S/c1-19-9-6-7(2-3-8(9)13)20(17,18)16-11-14-5-4-10(12)15-11/h2-6H,13H2,1H3,(H,14,15,16). The van der Waals surface area contributed by atoms with Crippen LogP contribution in [0.3, 0.4) is 0 Å². The van der Waals surface area contributed by atoms with E-state index in [-0.39, 0.29) is 21.7 Å². The van der Waals surface area contributed by atoms with Gasteiger partial charge in [0.05, 0.1) is 17.7 Å². The molecule has 2 rings (SSSR count). The van der Waals surface area contributed by atoms with E-state index < -0.39 is 10.0 Å². The van der Waals surface area contributed by atoms with Crippen molar-refractivity contribution in [2.24, 2.45) is 0 Å². The molecule has 0 saturated carbocycles. The van der Waals surface area contributed by atoms with Crippen molar-refractivity contribution in [1.82, 2.24) is 9.97 Å². The highest BCUT2D eigenvalue weighted by atomic mass is 35.5. The van der Waals surface area contributed by atoms with E-state index in [1.165, 1.54) is 37.6 Å². The topological polar surface area (TPSA) is 107 Å². The predicted molar refractivity (Wildman–Crippen MR) is 75.3 cm³/mol. The summed E-state index contributed by atoms with van der Waals surface area (Å²) in [5.74, 6) is 0.146. The molecule has 9 heteroatoms. The van der Waals surface area contributed by atoms with Crippen molar-refractivity contribution in [2.75, 3.05) is 17.6 Å². The molecule has 0 amide bonds. The number of nitrogens with two attached hydrogens (primary N) is 1. The normalized spacial score (nSPS) is 11.1. The molecule has 1 heterocycles. The molecule has 0 bridgehead atoms. The van der Waals surface area contributed by atoms with Crippen molar-refractivity contribution < 1.29 is 13.2 Å². The number of halogens is 1. The molecule has 0 atom stereocenters. The molecule has 20 heavy (non-hydrogen) atoms. The van der Waals surface area contributed by atoms with E-state index in [4.69, 9.17) is 22.1 Å². The average molecular weight is 315 g/mol. The fourth-order valence-electron chi connectivity index (χ4n) is 1.42. The second-order valence-corrected chi connectivity index (χ2v) is 5.78. The molecule has 0 saturated heterocycles. The van der Waals surface area contributed by atoms with Gasteiger partial charge in [-0.3, -0.25) is 0 Å². The molecule has 7 nitrogen and oxygen atoms in total. The van der Waals surface area contributed by atoms with Crippen molar-refractivity contribution in [1.29, 1.82) is 0 Å². The van der Waals surface area contributed by atoms with Gasteiger partial charge in [0.2, 0.25) is 5.95 Å². The van der Waals surface area contributed by atoms with Crippen LogP contribution in [0.25, 0.3) is 0 Å². The number of aromatic nitrogens is 2. The first kappa shape index (κ1) is 14.4. The Balaban J connectivity index is 2.35. The van der Waals surface area contributed by atoms with Crippen LogP contribution < -0.4 is 15.2 Å². The number of rotatable bonds is 4. The van der Waals surface area contributed by atoms with E-state index in [1.54, 1.807) is 0 Å². The highest BCUT2D eigenvalue weighted by Crippen LogP contribution is 2.25. The minimum Gasteiger partial charge on any atom is -0.495 e. The fourth-order valence-corrected chi connectivity index (χ4v) is 2.53. The third kappa shape index (κ3) is 3.09. The Kier molecular flexibility index (Phi) is 3.96. The minimum absolute atomic E-state index is 0.0212. The summed E-state index contributed by atoms with van der Waals surface area (Å²) in [6, 6.07) is 5.53. The summed E-state index contributed by atoms with van der Waals surface area (Å²) in [5, 5.41) is 0.132. The van der Waals surface area contributed by atoms with Gasteiger partial charge in [-0.2, -0.15) is 0 Å². The number of ether oxygens (including phenoxy) is 1. The smallest absolute Gasteiger partial charge is 0.264 e. The molecule has 0 fully saturated rings. The van der Waals surface area contributed by atoms with Gasteiger partial charge in [-0.15, -0.1) is 0 Å². The van der Waals surface area contributed by atoms with Gasteiger partial charge in [0.25, 0.3) is 10.0 Å². The molecular weight excluding hydrogens is 304 g/mol. The van der Waals surface area contributed by atoms with Gasteiger partial charge in [-0.1, -0.05) is 11.6 Å². The quantitative estimate of drug-likeness (QED) is 0.654.